The molecule has 0 saturated heterocycles. The molecule has 0 spiro atoms. The van der Waals surface area contributed by atoms with Gasteiger partial charge in [-0.15, -0.1) is 6.42 Å². The number of benzene rings is 1. The molecule has 1 aromatic carbocycles. The Labute approximate surface area is 104 Å². The first kappa shape index (κ1) is 12.6. The van der Waals surface area contributed by atoms with Gasteiger partial charge in [0, 0.05) is 22.8 Å². The molecule has 0 fully saturated rings. The lowest BCUT2D eigenvalue weighted by molar-refractivity contribution is 0.0812. The summed E-state index contributed by atoms with van der Waals surface area (Å²) in [5.41, 5.74) is 7.73. The smallest absolute Gasteiger partial charge is 0.254 e. The summed E-state index contributed by atoms with van der Waals surface area (Å²) in [6, 6.07) is 3.52. The van der Waals surface area contributed by atoms with E-state index < -0.39 is 0 Å². The maximum atomic E-state index is 12.0. The lowest BCUT2D eigenvalue weighted by Gasteiger charge is -2.16. The van der Waals surface area contributed by atoms with Gasteiger partial charge in [0.2, 0.25) is 0 Å². The summed E-state index contributed by atoms with van der Waals surface area (Å²) in [5, 5.41) is 0. The predicted molar refractivity (Wildman–Crippen MR) is 69.1 cm³/mol. The number of nitrogens with zero attached hydrogens (tertiary/aromatic N) is 1. The Morgan fingerprint density at radius 3 is 2.81 bits per heavy atom. The highest BCUT2D eigenvalue weighted by atomic mass is 79.9. The molecule has 0 aliphatic carbocycles. The number of terminal acetylenes is 1. The molecule has 1 aromatic rings. The molecule has 2 N–H and O–H groups in total. The summed E-state index contributed by atoms with van der Waals surface area (Å²) in [4.78, 5) is 13.5. The van der Waals surface area contributed by atoms with Crippen LogP contribution in [0.4, 0.5) is 5.69 Å². The van der Waals surface area contributed by atoms with Crippen LogP contribution in [-0.2, 0) is 0 Å². The highest BCUT2D eigenvalue weighted by molar-refractivity contribution is 9.10. The van der Waals surface area contributed by atoms with Crippen molar-refractivity contribution in [1.82, 2.24) is 4.90 Å². The number of carbonyl (C=O) groups is 1. The van der Waals surface area contributed by atoms with Gasteiger partial charge in [0.15, 0.2) is 0 Å². The molecule has 0 bridgehead atoms. The van der Waals surface area contributed by atoms with Crippen molar-refractivity contribution in [2.75, 3.05) is 19.3 Å². The fraction of sp³-hybridized carbons (Fsp3) is 0.250. The van der Waals surface area contributed by atoms with E-state index in [4.69, 9.17) is 12.2 Å². The number of hydrogen-bond donors (Lipinski definition) is 1. The van der Waals surface area contributed by atoms with Crippen molar-refractivity contribution >= 4 is 27.5 Å². The second-order valence-corrected chi connectivity index (χ2v) is 4.45. The Hall–Kier alpha value is -1.47. The number of carbonyl (C=O) groups excluding carboxylic acids is 1. The van der Waals surface area contributed by atoms with Crippen LogP contribution in [-0.4, -0.2) is 24.4 Å². The summed E-state index contributed by atoms with van der Waals surface area (Å²) >= 11 is 3.31. The number of hydrogen-bond acceptors (Lipinski definition) is 2. The van der Waals surface area contributed by atoms with Gasteiger partial charge in [-0.2, -0.15) is 0 Å². The van der Waals surface area contributed by atoms with Gasteiger partial charge in [-0.05, 0) is 24.6 Å². The van der Waals surface area contributed by atoms with E-state index in [1.807, 2.05) is 6.92 Å². The Morgan fingerprint density at radius 2 is 2.25 bits per heavy atom. The number of anilines is 1. The number of halogens is 1. The topological polar surface area (TPSA) is 46.3 Å². The second kappa shape index (κ2) is 5.04. The Balaban J connectivity index is 3.14. The van der Waals surface area contributed by atoms with E-state index in [9.17, 15) is 4.79 Å². The highest BCUT2D eigenvalue weighted by Gasteiger charge is 2.15. The quantitative estimate of drug-likeness (QED) is 0.666. The van der Waals surface area contributed by atoms with Crippen LogP contribution < -0.4 is 5.73 Å². The third-order valence-electron chi connectivity index (χ3n) is 2.32. The van der Waals surface area contributed by atoms with Crippen LogP contribution in [0.3, 0.4) is 0 Å². The minimum absolute atomic E-state index is 0.122. The molecule has 1 amide bonds. The van der Waals surface area contributed by atoms with Crippen molar-refractivity contribution < 1.29 is 4.79 Å². The predicted octanol–water partition coefficient (Wildman–Crippen LogP) is 2.04. The van der Waals surface area contributed by atoms with Crippen LogP contribution in [0.5, 0.6) is 0 Å². The second-order valence-electron chi connectivity index (χ2n) is 3.53. The zero-order chi connectivity index (χ0) is 12.3. The molecule has 0 aromatic heterocycles. The number of amides is 1. The van der Waals surface area contributed by atoms with Crippen LogP contribution in [0.25, 0.3) is 0 Å². The Morgan fingerprint density at radius 1 is 1.62 bits per heavy atom. The molecule has 0 atom stereocenters. The van der Waals surface area contributed by atoms with Gasteiger partial charge < -0.3 is 10.6 Å². The third-order valence-corrected chi connectivity index (χ3v) is 2.78. The molecule has 0 radical (unpaired) electrons. The van der Waals surface area contributed by atoms with Gasteiger partial charge in [-0.3, -0.25) is 4.79 Å². The molecule has 0 aliphatic heterocycles. The van der Waals surface area contributed by atoms with Gasteiger partial charge in [-0.1, -0.05) is 21.9 Å². The van der Waals surface area contributed by atoms with Crippen LogP contribution >= 0.6 is 15.9 Å². The zero-order valence-corrected chi connectivity index (χ0v) is 10.8. The molecule has 1 rings (SSSR count). The summed E-state index contributed by atoms with van der Waals surface area (Å²) in [6.45, 7) is 2.10. The van der Waals surface area contributed by atoms with E-state index in [-0.39, 0.29) is 12.5 Å². The highest BCUT2D eigenvalue weighted by Crippen LogP contribution is 2.23. The number of rotatable bonds is 2. The van der Waals surface area contributed by atoms with Crippen LogP contribution in [0.15, 0.2) is 16.6 Å². The monoisotopic (exact) mass is 280 g/mol. The van der Waals surface area contributed by atoms with E-state index in [0.717, 1.165) is 10.0 Å². The van der Waals surface area contributed by atoms with E-state index >= 15 is 0 Å². The maximum Gasteiger partial charge on any atom is 0.254 e. The Bertz CT molecular complexity index is 463. The summed E-state index contributed by atoms with van der Waals surface area (Å²) in [6.07, 6.45) is 5.17. The first-order chi connectivity index (χ1) is 7.47. The molecule has 84 valence electrons. The fourth-order valence-electron chi connectivity index (χ4n) is 1.34. The van der Waals surface area contributed by atoms with Gasteiger partial charge >= 0.3 is 0 Å². The standard InChI is InChI=1S/C12H13BrN2O/c1-4-5-15(3)12(16)10-6-9(13)7-11(14)8(10)2/h1,6-7H,5,14H2,2-3H3. The van der Waals surface area contributed by atoms with Crippen molar-refractivity contribution in [3.63, 3.8) is 0 Å². The first-order valence-corrected chi connectivity index (χ1v) is 5.51. The number of nitrogen functional groups attached to an aromatic ring is 1. The zero-order valence-electron chi connectivity index (χ0n) is 9.25. The lowest BCUT2D eigenvalue weighted by Crippen LogP contribution is -2.27. The van der Waals surface area contributed by atoms with Gasteiger partial charge in [0.05, 0.1) is 6.54 Å². The average Bonchev–Trinajstić information content (AvgIpc) is 2.22. The van der Waals surface area contributed by atoms with Crippen LogP contribution in [0.1, 0.15) is 15.9 Å². The lowest BCUT2D eigenvalue weighted by atomic mass is 10.1. The summed E-state index contributed by atoms with van der Waals surface area (Å²) in [5.74, 6) is 2.31. The van der Waals surface area contributed by atoms with Gasteiger partial charge in [0.1, 0.15) is 0 Å². The molecular formula is C12H13BrN2O. The molecule has 0 saturated carbocycles. The van der Waals surface area contributed by atoms with E-state index in [0.29, 0.717) is 11.3 Å². The first-order valence-electron chi connectivity index (χ1n) is 4.72. The number of nitrogens with two attached hydrogens (primary N) is 1. The molecule has 0 heterocycles. The minimum atomic E-state index is -0.122. The largest absolute Gasteiger partial charge is 0.398 e. The summed E-state index contributed by atoms with van der Waals surface area (Å²) in [7, 11) is 1.67. The molecule has 16 heavy (non-hydrogen) atoms. The van der Waals surface area contributed by atoms with E-state index in [1.54, 1.807) is 19.2 Å². The van der Waals surface area contributed by atoms with Crippen molar-refractivity contribution in [1.29, 1.82) is 0 Å². The minimum Gasteiger partial charge on any atom is -0.398 e. The summed E-state index contributed by atoms with van der Waals surface area (Å²) < 4.78 is 0.785. The Kier molecular flexibility index (Phi) is 3.97. The average molecular weight is 281 g/mol. The molecule has 3 nitrogen and oxygen atoms in total. The molecule has 4 heteroatoms. The SMILES string of the molecule is C#CCN(C)C(=O)c1cc(Br)cc(N)c1C. The van der Waals surface area contributed by atoms with Crippen molar-refractivity contribution in [2.24, 2.45) is 0 Å². The molecule has 0 unspecified atom stereocenters. The molecular weight excluding hydrogens is 268 g/mol. The van der Waals surface area contributed by atoms with Crippen LogP contribution in [0.2, 0.25) is 0 Å². The van der Waals surface area contributed by atoms with E-state index in [2.05, 4.69) is 21.9 Å². The van der Waals surface area contributed by atoms with Crippen molar-refractivity contribution in [3.05, 3.63) is 27.7 Å². The maximum absolute atomic E-state index is 12.0. The van der Waals surface area contributed by atoms with E-state index in [1.165, 1.54) is 4.90 Å². The van der Waals surface area contributed by atoms with Crippen molar-refractivity contribution in [2.45, 2.75) is 6.92 Å². The van der Waals surface area contributed by atoms with Crippen LogP contribution in [0, 0.1) is 19.3 Å². The van der Waals surface area contributed by atoms with Gasteiger partial charge in [0.25, 0.3) is 5.91 Å². The fourth-order valence-corrected chi connectivity index (χ4v) is 1.81. The van der Waals surface area contributed by atoms with Gasteiger partial charge in [-0.25, -0.2) is 0 Å². The van der Waals surface area contributed by atoms with Crippen molar-refractivity contribution in [3.8, 4) is 12.3 Å². The molecule has 0 aliphatic rings. The third kappa shape index (κ3) is 2.56. The normalized spacial score (nSPS) is 9.62.